The van der Waals surface area contributed by atoms with Gasteiger partial charge in [-0.1, -0.05) is 26.8 Å². The Bertz CT molecular complexity index is 814. The largest absolute Gasteiger partial charge is 0.491 e. The molecule has 0 aliphatic carbocycles. The van der Waals surface area contributed by atoms with Crippen molar-refractivity contribution >= 4 is 35.1 Å². The molecular formula is C22H31N3O5S. The Hall–Kier alpha value is -2.68. The van der Waals surface area contributed by atoms with Crippen LogP contribution in [-0.4, -0.2) is 59.6 Å². The molecule has 9 heteroatoms. The van der Waals surface area contributed by atoms with Gasteiger partial charge in [0.25, 0.3) is 5.91 Å². The fraction of sp³-hybridized carbons (Fsp3) is 0.545. The number of nitrogens with zero attached hydrogens (tertiary/aromatic N) is 1. The van der Waals surface area contributed by atoms with E-state index in [9.17, 15) is 14.4 Å². The van der Waals surface area contributed by atoms with E-state index in [1.54, 1.807) is 29.2 Å². The number of amides is 2. The van der Waals surface area contributed by atoms with Crippen LogP contribution >= 0.6 is 12.2 Å². The molecular weight excluding hydrogens is 418 g/mol. The number of benzene rings is 1. The lowest BCUT2D eigenvalue weighted by atomic mass is 10.1. The number of hydrogen-bond acceptors (Lipinski definition) is 6. The number of thiocarbonyl (C=S) groups is 1. The molecule has 31 heavy (non-hydrogen) atoms. The summed E-state index contributed by atoms with van der Waals surface area (Å²) in [7, 11) is 0. The summed E-state index contributed by atoms with van der Waals surface area (Å²) < 4.78 is 11.0. The number of rotatable bonds is 8. The van der Waals surface area contributed by atoms with E-state index >= 15 is 0 Å². The average molecular weight is 450 g/mol. The van der Waals surface area contributed by atoms with Gasteiger partial charge in [-0.05, 0) is 49.7 Å². The highest BCUT2D eigenvalue weighted by atomic mass is 32.1. The SMILES string of the molecule is CCC(C)Oc1cccc(C(=O)NC(=S)N2CCNC(=O)C2CC(=O)OCC(C)C)c1. The third kappa shape index (κ3) is 7.50. The summed E-state index contributed by atoms with van der Waals surface area (Å²) in [6.07, 6.45) is 0.730. The van der Waals surface area contributed by atoms with E-state index in [2.05, 4.69) is 10.6 Å². The van der Waals surface area contributed by atoms with Gasteiger partial charge in [-0.25, -0.2) is 0 Å². The molecule has 0 radical (unpaired) electrons. The van der Waals surface area contributed by atoms with Crippen LogP contribution in [0.5, 0.6) is 5.75 Å². The molecule has 1 saturated heterocycles. The zero-order valence-electron chi connectivity index (χ0n) is 18.5. The van der Waals surface area contributed by atoms with Crippen LogP contribution in [0.1, 0.15) is 50.9 Å². The van der Waals surface area contributed by atoms with E-state index in [1.165, 1.54) is 0 Å². The first-order valence-electron chi connectivity index (χ1n) is 10.5. The zero-order valence-corrected chi connectivity index (χ0v) is 19.3. The van der Waals surface area contributed by atoms with E-state index in [0.29, 0.717) is 24.4 Å². The second-order valence-electron chi connectivity index (χ2n) is 7.91. The quantitative estimate of drug-likeness (QED) is 0.464. The number of ether oxygens (including phenoxy) is 2. The summed E-state index contributed by atoms with van der Waals surface area (Å²) in [5.74, 6) is -0.429. The monoisotopic (exact) mass is 449 g/mol. The number of carbonyl (C=O) groups excluding carboxylic acids is 3. The minimum absolute atomic E-state index is 0.0301. The first-order valence-corrected chi connectivity index (χ1v) is 10.9. The fourth-order valence-electron chi connectivity index (χ4n) is 2.90. The Morgan fingerprint density at radius 3 is 2.74 bits per heavy atom. The van der Waals surface area contributed by atoms with Crippen LogP contribution in [-0.2, 0) is 14.3 Å². The Morgan fingerprint density at radius 1 is 1.32 bits per heavy atom. The molecule has 1 fully saturated rings. The van der Waals surface area contributed by atoms with Crippen molar-refractivity contribution in [1.82, 2.24) is 15.5 Å². The molecule has 1 aliphatic heterocycles. The summed E-state index contributed by atoms with van der Waals surface area (Å²) in [4.78, 5) is 38.8. The van der Waals surface area contributed by atoms with Gasteiger partial charge in [0.2, 0.25) is 5.91 Å². The number of carbonyl (C=O) groups is 3. The average Bonchev–Trinajstić information content (AvgIpc) is 2.73. The Balaban J connectivity index is 2.04. The van der Waals surface area contributed by atoms with Crippen molar-refractivity contribution in [3.05, 3.63) is 29.8 Å². The lowest BCUT2D eigenvalue weighted by Gasteiger charge is -2.36. The van der Waals surface area contributed by atoms with Gasteiger partial charge in [0.1, 0.15) is 11.8 Å². The minimum atomic E-state index is -0.832. The van der Waals surface area contributed by atoms with Gasteiger partial charge in [-0.3, -0.25) is 19.7 Å². The summed E-state index contributed by atoms with van der Waals surface area (Å²) >= 11 is 5.39. The summed E-state index contributed by atoms with van der Waals surface area (Å²) in [6, 6.07) is 5.99. The third-order valence-corrected chi connectivity index (χ3v) is 5.09. The first-order chi connectivity index (χ1) is 14.7. The molecule has 2 unspecified atom stereocenters. The highest BCUT2D eigenvalue weighted by Crippen LogP contribution is 2.17. The third-order valence-electron chi connectivity index (χ3n) is 4.76. The molecule has 1 aromatic carbocycles. The van der Waals surface area contributed by atoms with Crippen molar-refractivity contribution < 1.29 is 23.9 Å². The van der Waals surface area contributed by atoms with Gasteiger partial charge < -0.3 is 19.7 Å². The molecule has 2 N–H and O–H groups in total. The van der Waals surface area contributed by atoms with Gasteiger partial charge in [0, 0.05) is 18.7 Å². The highest BCUT2D eigenvalue weighted by Gasteiger charge is 2.34. The van der Waals surface area contributed by atoms with E-state index in [0.717, 1.165) is 6.42 Å². The lowest BCUT2D eigenvalue weighted by molar-refractivity contribution is -0.148. The molecule has 2 atom stereocenters. The Morgan fingerprint density at radius 2 is 2.06 bits per heavy atom. The number of esters is 1. The van der Waals surface area contributed by atoms with Crippen molar-refractivity contribution in [2.24, 2.45) is 5.92 Å². The molecule has 0 saturated carbocycles. The van der Waals surface area contributed by atoms with Crippen molar-refractivity contribution in [2.75, 3.05) is 19.7 Å². The van der Waals surface area contributed by atoms with E-state index in [-0.39, 0.29) is 36.1 Å². The van der Waals surface area contributed by atoms with Crippen molar-refractivity contribution in [2.45, 2.75) is 52.7 Å². The van der Waals surface area contributed by atoms with Gasteiger partial charge in [-0.2, -0.15) is 0 Å². The maximum atomic E-state index is 12.7. The summed E-state index contributed by atoms with van der Waals surface area (Å²) in [6.45, 7) is 8.86. The van der Waals surface area contributed by atoms with Gasteiger partial charge >= 0.3 is 5.97 Å². The maximum absolute atomic E-state index is 12.7. The van der Waals surface area contributed by atoms with Gasteiger partial charge in [0.15, 0.2) is 5.11 Å². The predicted molar refractivity (Wildman–Crippen MR) is 121 cm³/mol. The van der Waals surface area contributed by atoms with Gasteiger partial charge in [-0.15, -0.1) is 0 Å². The second kappa shape index (κ2) is 11.6. The molecule has 1 aromatic rings. The van der Waals surface area contributed by atoms with Crippen LogP contribution in [0.4, 0.5) is 0 Å². The van der Waals surface area contributed by atoms with Crippen LogP contribution in [0.3, 0.4) is 0 Å². The van der Waals surface area contributed by atoms with Crippen LogP contribution in [0.25, 0.3) is 0 Å². The van der Waals surface area contributed by atoms with Crippen LogP contribution < -0.4 is 15.4 Å². The molecule has 170 valence electrons. The summed E-state index contributed by atoms with van der Waals surface area (Å²) in [5.41, 5.74) is 0.387. The molecule has 1 heterocycles. The normalized spacial score (nSPS) is 17.0. The smallest absolute Gasteiger partial charge is 0.308 e. The zero-order chi connectivity index (χ0) is 23.0. The first kappa shape index (κ1) is 24.6. The second-order valence-corrected chi connectivity index (χ2v) is 8.29. The fourth-order valence-corrected chi connectivity index (χ4v) is 3.22. The molecule has 0 bridgehead atoms. The maximum Gasteiger partial charge on any atom is 0.308 e. The number of piperazine rings is 1. The van der Waals surface area contributed by atoms with Crippen LogP contribution in [0, 0.1) is 5.92 Å². The molecule has 2 amide bonds. The van der Waals surface area contributed by atoms with Crippen LogP contribution in [0.15, 0.2) is 24.3 Å². The van der Waals surface area contributed by atoms with Crippen molar-refractivity contribution in [3.63, 3.8) is 0 Å². The molecule has 8 nitrogen and oxygen atoms in total. The van der Waals surface area contributed by atoms with Crippen molar-refractivity contribution in [1.29, 1.82) is 0 Å². The molecule has 0 spiro atoms. The molecule has 0 aromatic heterocycles. The standard InChI is InChI=1S/C22H31N3O5S/c1-5-15(4)30-17-8-6-7-16(11-17)20(27)24-22(31)25-10-9-23-21(28)18(25)12-19(26)29-13-14(2)3/h6-8,11,14-15,18H,5,9-10,12-13H2,1-4H3,(H,23,28)(H,24,27,31). The summed E-state index contributed by atoms with van der Waals surface area (Å²) in [5, 5.41) is 5.48. The molecule has 1 aliphatic rings. The van der Waals surface area contributed by atoms with E-state index < -0.39 is 17.9 Å². The van der Waals surface area contributed by atoms with Gasteiger partial charge in [0.05, 0.1) is 19.1 Å². The Labute approximate surface area is 188 Å². The molecule has 2 rings (SSSR count). The van der Waals surface area contributed by atoms with Crippen molar-refractivity contribution in [3.8, 4) is 5.75 Å². The topological polar surface area (TPSA) is 97.0 Å². The van der Waals surface area contributed by atoms with E-state index in [4.69, 9.17) is 21.7 Å². The predicted octanol–water partition coefficient (Wildman–Crippen LogP) is 2.27. The lowest BCUT2D eigenvalue weighted by Crippen LogP contribution is -2.60. The van der Waals surface area contributed by atoms with E-state index in [1.807, 2.05) is 27.7 Å². The minimum Gasteiger partial charge on any atom is -0.491 e. The Kier molecular flexibility index (Phi) is 9.23. The van der Waals surface area contributed by atoms with Crippen LogP contribution in [0.2, 0.25) is 0 Å². The number of nitrogens with one attached hydrogen (secondary N) is 2. The highest BCUT2D eigenvalue weighted by molar-refractivity contribution is 7.80. The number of hydrogen-bond donors (Lipinski definition) is 2.